The Morgan fingerprint density at radius 2 is 1.65 bits per heavy atom. The van der Waals surface area contributed by atoms with E-state index >= 15 is 0 Å². The fourth-order valence-electron chi connectivity index (χ4n) is 2.89. The van der Waals surface area contributed by atoms with Gasteiger partial charge in [0.25, 0.3) is 10.0 Å². The van der Waals surface area contributed by atoms with Crippen LogP contribution in [0, 0.1) is 0 Å². The van der Waals surface area contributed by atoms with Crippen molar-refractivity contribution in [1.82, 2.24) is 0 Å². The summed E-state index contributed by atoms with van der Waals surface area (Å²) in [6.45, 7) is 2.41. The number of benzene rings is 3. The molecule has 0 fully saturated rings. The van der Waals surface area contributed by atoms with Gasteiger partial charge < -0.3 is 9.15 Å². The number of fused-ring (bicyclic) bond motifs is 3. The summed E-state index contributed by atoms with van der Waals surface area (Å²) in [7, 11) is -3.69. The first-order valence-electron chi connectivity index (χ1n) is 8.24. The smallest absolute Gasteiger partial charge is 0.261 e. The maximum Gasteiger partial charge on any atom is 0.261 e. The van der Waals surface area contributed by atoms with Crippen molar-refractivity contribution < 1.29 is 17.6 Å². The fraction of sp³-hybridized carbons (Fsp3) is 0.100. The highest BCUT2D eigenvalue weighted by Crippen LogP contribution is 2.31. The van der Waals surface area contributed by atoms with Gasteiger partial charge in [0, 0.05) is 16.8 Å². The van der Waals surface area contributed by atoms with Crippen molar-refractivity contribution in [1.29, 1.82) is 0 Å². The maximum atomic E-state index is 12.6. The van der Waals surface area contributed by atoms with Crippen molar-refractivity contribution in [2.24, 2.45) is 0 Å². The normalized spacial score (nSPS) is 11.7. The number of para-hydroxylation sites is 1. The third-order valence-corrected chi connectivity index (χ3v) is 5.47. The lowest BCUT2D eigenvalue weighted by Gasteiger charge is -2.09. The van der Waals surface area contributed by atoms with Crippen molar-refractivity contribution in [3.63, 3.8) is 0 Å². The van der Waals surface area contributed by atoms with Crippen LogP contribution in [-0.4, -0.2) is 15.0 Å². The molecule has 26 heavy (non-hydrogen) atoms. The van der Waals surface area contributed by atoms with E-state index in [2.05, 4.69) is 4.72 Å². The molecule has 5 nitrogen and oxygen atoms in total. The summed E-state index contributed by atoms with van der Waals surface area (Å²) in [5.74, 6) is 0.634. The van der Waals surface area contributed by atoms with Gasteiger partial charge in [0.15, 0.2) is 0 Å². The monoisotopic (exact) mass is 367 g/mol. The molecule has 0 atom stereocenters. The molecule has 3 aromatic carbocycles. The van der Waals surface area contributed by atoms with Crippen LogP contribution < -0.4 is 9.46 Å². The van der Waals surface area contributed by atoms with Gasteiger partial charge in [-0.2, -0.15) is 0 Å². The minimum atomic E-state index is -3.69. The number of hydrogen-bond donors (Lipinski definition) is 1. The van der Waals surface area contributed by atoms with Crippen molar-refractivity contribution in [2.45, 2.75) is 11.8 Å². The number of nitrogens with one attached hydrogen (secondary N) is 1. The van der Waals surface area contributed by atoms with Crippen LogP contribution in [0.4, 0.5) is 5.69 Å². The van der Waals surface area contributed by atoms with E-state index in [0.29, 0.717) is 23.6 Å². The number of sulfonamides is 1. The fourth-order valence-corrected chi connectivity index (χ4v) is 3.93. The molecule has 0 saturated heterocycles. The van der Waals surface area contributed by atoms with E-state index in [9.17, 15) is 8.42 Å². The lowest BCUT2D eigenvalue weighted by atomic mass is 10.1. The summed E-state index contributed by atoms with van der Waals surface area (Å²) in [5, 5.41) is 1.95. The Balaban J connectivity index is 1.65. The number of furan rings is 1. The second kappa shape index (κ2) is 6.38. The Hall–Kier alpha value is -2.99. The summed E-state index contributed by atoms with van der Waals surface area (Å²) >= 11 is 0. The lowest BCUT2D eigenvalue weighted by molar-refractivity contribution is 0.340. The van der Waals surface area contributed by atoms with Crippen LogP contribution in [0.25, 0.3) is 21.9 Å². The van der Waals surface area contributed by atoms with Gasteiger partial charge in [0.05, 0.1) is 17.2 Å². The highest BCUT2D eigenvalue weighted by Gasteiger charge is 2.15. The van der Waals surface area contributed by atoms with Gasteiger partial charge in [-0.1, -0.05) is 18.2 Å². The van der Waals surface area contributed by atoms with Gasteiger partial charge in [0.2, 0.25) is 0 Å². The van der Waals surface area contributed by atoms with E-state index < -0.39 is 10.0 Å². The molecule has 0 amide bonds. The lowest BCUT2D eigenvalue weighted by Crippen LogP contribution is -2.12. The van der Waals surface area contributed by atoms with Crippen LogP contribution >= 0.6 is 0 Å². The topological polar surface area (TPSA) is 68.5 Å². The van der Waals surface area contributed by atoms with Gasteiger partial charge in [-0.15, -0.1) is 0 Å². The van der Waals surface area contributed by atoms with Crippen LogP contribution in [0.5, 0.6) is 5.75 Å². The Kier molecular flexibility index (Phi) is 4.05. The summed E-state index contributed by atoms with van der Waals surface area (Å²) < 4.78 is 38.9. The molecule has 132 valence electrons. The van der Waals surface area contributed by atoms with E-state index in [0.717, 1.165) is 16.4 Å². The third kappa shape index (κ3) is 2.99. The zero-order chi connectivity index (χ0) is 18.1. The quantitative estimate of drug-likeness (QED) is 0.551. The summed E-state index contributed by atoms with van der Waals surface area (Å²) in [6.07, 6.45) is 0. The highest BCUT2D eigenvalue weighted by atomic mass is 32.2. The van der Waals surface area contributed by atoms with Crippen LogP contribution in [0.1, 0.15) is 6.92 Å². The van der Waals surface area contributed by atoms with Crippen molar-refractivity contribution >= 4 is 37.6 Å². The maximum absolute atomic E-state index is 12.6. The summed E-state index contributed by atoms with van der Waals surface area (Å²) in [5.41, 5.74) is 1.86. The molecule has 1 aromatic heterocycles. The van der Waals surface area contributed by atoms with Crippen molar-refractivity contribution in [2.75, 3.05) is 11.3 Å². The summed E-state index contributed by atoms with van der Waals surface area (Å²) in [4.78, 5) is 0.172. The molecule has 0 spiro atoms. The Labute approximate surface area is 151 Å². The highest BCUT2D eigenvalue weighted by molar-refractivity contribution is 7.92. The number of rotatable bonds is 5. The molecule has 4 rings (SSSR count). The molecule has 4 aromatic rings. The first-order valence-corrected chi connectivity index (χ1v) is 9.72. The van der Waals surface area contributed by atoms with E-state index in [4.69, 9.17) is 9.15 Å². The predicted molar refractivity (Wildman–Crippen MR) is 102 cm³/mol. The van der Waals surface area contributed by atoms with Crippen LogP contribution in [-0.2, 0) is 10.0 Å². The zero-order valence-electron chi connectivity index (χ0n) is 14.1. The molecule has 0 saturated carbocycles. The molecular weight excluding hydrogens is 350 g/mol. The average molecular weight is 367 g/mol. The van der Waals surface area contributed by atoms with E-state index in [1.807, 2.05) is 37.3 Å². The van der Waals surface area contributed by atoms with Crippen molar-refractivity contribution in [3.05, 3.63) is 66.7 Å². The average Bonchev–Trinajstić information content (AvgIpc) is 3.00. The minimum absolute atomic E-state index is 0.172. The number of anilines is 1. The summed E-state index contributed by atoms with van der Waals surface area (Å²) in [6, 6.07) is 19.3. The zero-order valence-corrected chi connectivity index (χ0v) is 14.9. The second-order valence-electron chi connectivity index (χ2n) is 5.82. The molecule has 1 N–H and O–H groups in total. The van der Waals surface area contributed by atoms with E-state index in [-0.39, 0.29) is 4.90 Å². The number of hydrogen-bond acceptors (Lipinski definition) is 4. The molecule has 0 aliphatic carbocycles. The minimum Gasteiger partial charge on any atom is -0.494 e. The van der Waals surface area contributed by atoms with E-state index in [1.165, 1.54) is 12.1 Å². The Morgan fingerprint density at radius 1 is 0.923 bits per heavy atom. The molecular formula is C20H17NO4S. The molecule has 6 heteroatoms. The van der Waals surface area contributed by atoms with Gasteiger partial charge in [0.1, 0.15) is 16.9 Å². The molecule has 0 bridgehead atoms. The van der Waals surface area contributed by atoms with Crippen molar-refractivity contribution in [3.8, 4) is 5.75 Å². The second-order valence-corrected chi connectivity index (χ2v) is 7.50. The van der Waals surface area contributed by atoms with Gasteiger partial charge in [-0.05, 0) is 49.4 Å². The van der Waals surface area contributed by atoms with E-state index in [1.54, 1.807) is 24.3 Å². The molecule has 0 radical (unpaired) electrons. The van der Waals surface area contributed by atoms with Gasteiger partial charge in [-0.3, -0.25) is 4.72 Å². The Morgan fingerprint density at radius 3 is 2.42 bits per heavy atom. The largest absolute Gasteiger partial charge is 0.494 e. The molecule has 0 unspecified atom stereocenters. The molecule has 1 heterocycles. The van der Waals surface area contributed by atoms with Crippen LogP contribution in [0.15, 0.2) is 76.0 Å². The third-order valence-electron chi connectivity index (χ3n) is 4.08. The first-order chi connectivity index (χ1) is 12.6. The van der Waals surface area contributed by atoms with Crippen LogP contribution in [0.2, 0.25) is 0 Å². The Bertz CT molecular complexity index is 1180. The van der Waals surface area contributed by atoms with Gasteiger partial charge in [-0.25, -0.2) is 8.42 Å². The SMILES string of the molecule is CCOc1ccc(S(=O)(=O)Nc2ccc3c(c2)oc2ccccc23)cc1. The predicted octanol–water partition coefficient (Wildman–Crippen LogP) is 4.79. The first kappa shape index (κ1) is 16.5. The molecule has 0 aliphatic heterocycles. The standard InChI is InChI=1S/C20H17NO4S/c1-2-24-15-8-10-16(11-9-15)26(22,23)21-14-7-12-18-17-5-3-4-6-19(17)25-20(18)13-14/h3-13,21H,2H2,1H3. The molecule has 0 aliphatic rings. The van der Waals surface area contributed by atoms with Gasteiger partial charge >= 0.3 is 0 Å². The number of ether oxygens (including phenoxy) is 1. The van der Waals surface area contributed by atoms with Crippen LogP contribution in [0.3, 0.4) is 0 Å².